The number of nitrogens with one attached hydrogen (secondary N) is 2. The molecular weight excluding hydrogens is 408 g/mol. The molecule has 2 aromatic rings. The number of hydrogen-bond donors (Lipinski definition) is 2. The molecule has 2 aliphatic rings. The quantitative estimate of drug-likeness (QED) is 0.445. The average molecular weight is 439 g/mol. The Labute approximate surface area is 195 Å². The van der Waals surface area contributed by atoms with Crippen molar-refractivity contribution in [3.63, 3.8) is 0 Å². The summed E-state index contributed by atoms with van der Waals surface area (Å²) in [5.41, 5.74) is 5.96. The summed E-state index contributed by atoms with van der Waals surface area (Å²) in [6, 6.07) is 18.8. The molecule has 0 spiro atoms. The number of anilines is 1. The lowest BCUT2D eigenvalue weighted by Crippen LogP contribution is -2.27. The Balaban J connectivity index is 1.25. The minimum absolute atomic E-state index is 0.0238. The van der Waals surface area contributed by atoms with Gasteiger partial charge < -0.3 is 15.5 Å². The van der Waals surface area contributed by atoms with E-state index in [-0.39, 0.29) is 11.9 Å². The van der Waals surface area contributed by atoms with Crippen LogP contribution in [0.5, 0.6) is 0 Å². The summed E-state index contributed by atoms with van der Waals surface area (Å²) in [5.74, 6) is 0.404. The van der Waals surface area contributed by atoms with Crippen molar-refractivity contribution in [3.05, 3.63) is 108 Å². The molecule has 168 valence electrons. The highest BCUT2D eigenvalue weighted by molar-refractivity contribution is 5.93. The molecule has 0 saturated heterocycles. The summed E-state index contributed by atoms with van der Waals surface area (Å²) < 4.78 is 0. The molecule has 1 aliphatic carbocycles. The Bertz CT molecular complexity index is 1130. The van der Waals surface area contributed by atoms with Crippen LogP contribution in [0, 0.1) is 0 Å². The topological polar surface area (TPSA) is 56.7 Å². The van der Waals surface area contributed by atoms with Gasteiger partial charge in [0.1, 0.15) is 6.67 Å². The van der Waals surface area contributed by atoms with Crippen molar-refractivity contribution < 1.29 is 4.79 Å². The zero-order valence-electron chi connectivity index (χ0n) is 19.2. The molecule has 1 saturated carbocycles. The second-order valence-corrected chi connectivity index (χ2v) is 8.49. The van der Waals surface area contributed by atoms with Crippen molar-refractivity contribution in [2.45, 2.75) is 25.3 Å². The number of nitrogens with zero attached hydrogens (tertiary/aromatic N) is 2. The number of amides is 1. The van der Waals surface area contributed by atoms with Crippen LogP contribution in [-0.4, -0.2) is 36.8 Å². The van der Waals surface area contributed by atoms with E-state index in [0.717, 1.165) is 29.1 Å². The first kappa shape index (κ1) is 22.3. The maximum atomic E-state index is 12.5. The highest BCUT2D eigenvalue weighted by Crippen LogP contribution is 2.40. The van der Waals surface area contributed by atoms with Crippen LogP contribution in [0.2, 0.25) is 0 Å². The first-order valence-electron chi connectivity index (χ1n) is 11.2. The van der Waals surface area contributed by atoms with Gasteiger partial charge in [0.25, 0.3) is 0 Å². The summed E-state index contributed by atoms with van der Waals surface area (Å²) in [4.78, 5) is 18.8. The lowest BCUT2D eigenvalue weighted by molar-refractivity contribution is -0.117. The van der Waals surface area contributed by atoms with Crippen molar-refractivity contribution in [1.29, 1.82) is 0 Å². The normalized spacial score (nSPS) is 19.9. The number of carbonyl (C=O) groups is 1. The van der Waals surface area contributed by atoms with E-state index in [1.807, 2.05) is 74.8 Å². The van der Waals surface area contributed by atoms with Gasteiger partial charge in [0, 0.05) is 47.9 Å². The van der Waals surface area contributed by atoms with Gasteiger partial charge in [0.15, 0.2) is 0 Å². The van der Waals surface area contributed by atoms with E-state index in [1.165, 1.54) is 5.56 Å². The molecule has 2 unspecified atom stereocenters. The molecule has 2 atom stereocenters. The lowest BCUT2D eigenvalue weighted by Gasteiger charge is -2.23. The van der Waals surface area contributed by atoms with Crippen LogP contribution < -0.4 is 10.6 Å². The maximum absolute atomic E-state index is 12.5. The van der Waals surface area contributed by atoms with Crippen LogP contribution in [0.3, 0.4) is 0 Å². The Morgan fingerprint density at radius 2 is 1.91 bits per heavy atom. The second-order valence-electron chi connectivity index (χ2n) is 8.49. The van der Waals surface area contributed by atoms with Crippen molar-refractivity contribution in [1.82, 2.24) is 10.2 Å². The lowest BCUT2D eigenvalue weighted by atomic mass is 10.1. The molecule has 2 N–H and O–H groups in total. The van der Waals surface area contributed by atoms with Crippen molar-refractivity contribution >= 4 is 23.5 Å². The Morgan fingerprint density at radius 3 is 2.64 bits per heavy atom. The highest BCUT2D eigenvalue weighted by Gasteiger charge is 2.39. The predicted molar refractivity (Wildman–Crippen MR) is 137 cm³/mol. The summed E-state index contributed by atoms with van der Waals surface area (Å²) in [7, 11) is 2.03. The van der Waals surface area contributed by atoms with Gasteiger partial charge in [0.05, 0.1) is 0 Å². The number of hydrogen-bond acceptors (Lipinski definition) is 4. The fourth-order valence-corrected chi connectivity index (χ4v) is 3.85. The van der Waals surface area contributed by atoms with Gasteiger partial charge in [-0.15, -0.1) is 0 Å². The minimum atomic E-state index is -0.0238. The Morgan fingerprint density at radius 1 is 1.15 bits per heavy atom. The Hall–Kier alpha value is -3.86. The number of carbonyl (C=O) groups excluding carboxylic acids is 1. The number of rotatable bonds is 8. The van der Waals surface area contributed by atoms with Gasteiger partial charge in [-0.3, -0.25) is 9.79 Å². The number of aliphatic imine (C=N–C) groups is 1. The molecule has 0 radical (unpaired) electrons. The van der Waals surface area contributed by atoms with Crippen molar-refractivity contribution in [2.75, 3.05) is 19.0 Å². The SMILES string of the molecule is C=C(/C=C\C=C(/C)C(=O)NC1CC1c1ccccc1)Nc1ccc(C2=CC=NCN2C)cc1. The summed E-state index contributed by atoms with van der Waals surface area (Å²) in [6.07, 6.45) is 10.4. The van der Waals surface area contributed by atoms with Crippen LogP contribution in [0.15, 0.2) is 102 Å². The zero-order valence-corrected chi connectivity index (χ0v) is 19.2. The number of benzene rings is 2. The van der Waals surface area contributed by atoms with E-state index in [9.17, 15) is 4.79 Å². The minimum Gasteiger partial charge on any atom is -0.356 e. The fraction of sp³-hybridized carbons (Fsp3) is 0.214. The van der Waals surface area contributed by atoms with Gasteiger partial charge in [-0.1, -0.05) is 61.2 Å². The van der Waals surface area contributed by atoms with Crippen LogP contribution in [0.4, 0.5) is 5.69 Å². The molecule has 1 heterocycles. The molecule has 0 bridgehead atoms. The Kier molecular flexibility index (Phi) is 6.89. The van der Waals surface area contributed by atoms with Gasteiger partial charge in [-0.25, -0.2) is 0 Å². The number of allylic oxidation sites excluding steroid dienone is 4. The van der Waals surface area contributed by atoms with Gasteiger partial charge in [-0.05, 0) is 48.8 Å². The van der Waals surface area contributed by atoms with Crippen molar-refractivity contribution in [3.8, 4) is 0 Å². The zero-order chi connectivity index (χ0) is 23.2. The molecule has 5 heteroatoms. The third-order valence-corrected chi connectivity index (χ3v) is 5.86. The molecule has 1 aliphatic heterocycles. The first-order chi connectivity index (χ1) is 16.0. The fourth-order valence-electron chi connectivity index (χ4n) is 3.85. The third-order valence-electron chi connectivity index (χ3n) is 5.86. The highest BCUT2D eigenvalue weighted by atomic mass is 16.1. The third kappa shape index (κ3) is 5.89. The van der Waals surface area contributed by atoms with E-state index in [1.54, 1.807) is 0 Å². The van der Waals surface area contributed by atoms with E-state index < -0.39 is 0 Å². The van der Waals surface area contributed by atoms with E-state index in [4.69, 9.17) is 0 Å². The van der Waals surface area contributed by atoms with Gasteiger partial charge in [-0.2, -0.15) is 0 Å². The molecular formula is C28H30N4O. The molecule has 1 amide bonds. The summed E-state index contributed by atoms with van der Waals surface area (Å²) in [6.45, 7) is 6.56. The van der Waals surface area contributed by atoms with Gasteiger partial charge >= 0.3 is 0 Å². The van der Waals surface area contributed by atoms with E-state index >= 15 is 0 Å². The predicted octanol–water partition coefficient (Wildman–Crippen LogP) is 5.10. The molecule has 2 aromatic carbocycles. The van der Waals surface area contributed by atoms with E-state index in [2.05, 4.69) is 51.4 Å². The smallest absolute Gasteiger partial charge is 0.247 e. The van der Waals surface area contributed by atoms with E-state index in [0.29, 0.717) is 18.2 Å². The summed E-state index contributed by atoms with van der Waals surface area (Å²) >= 11 is 0. The van der Waals surface area contributed by atoms with Crippen molar-refractivity contribution in [2.24, 2.45) is 4.99 Å². The van der Waals surface area contributed by atoms with Gasteiger partial charge in [0.2, 0.25) is 5.91 Å². The average Bonchev–Trinajstić information content (AvgIpc) is 3.59. The molecule has 0 aromatic heterocycles. The molecule has 33 heavy (non-hydrogen) atoms. The molecule has 5 nitrogen and oxygen atoms in total. The van der Waals surface area contributed by atoms with Crippen LogP contribution in [0.25, 0.3) is 5.70 Å². The summed E-state index contributed by atoms with van der Waals surface area (Å²) in [5, 5.41) is 6.40. The molecule has 1 fully saturated rings. The van der Waals surface area contributed by atoms with Crippen LogP contribution in [-0.2, 0) is 4.79 Å². The standard InChI is InChI=1S/C28H30N4O/c1-20(28(33)31-26-18-25(26)22-10-5-4-6-11-22)8-7-9-21(2)30-24-14-12-23(13-15-24)27-16-17-29-19-32(27)3/h4-17,25-26,30H,2,18-19H2,1,3H3,(H,31,33)/b9-7-,20-8+. The first-order valence-corrected chi connectivity index (χ1v) is 11.2. The largest absolute Gasteiger partial charge is 0.356 e. The van der Waals surface area contributed by atoms with Crippen LogP contribution in [0.1, 0.15) is 30.4 Å². The molecule has 4 rings (SSSR count). The van der Waals surface area contributed by atoms with Crippen LogP contribution >= 0.6 is 0 Å². The second kappa shape index (κ2) is 10.2. The maximum Gasteiger partial charge on any atom is 0.247 e. The monoisotopic (exact) mass is 438 g/mol.